The number of carbonyl (C=O) groups is 1. The molecule has 2 aromatic rings. The van der Waals surface area contributed by atoms with Gasteiger partial charge in [0.25, 0.3) is 0 Å². The van der Waals surface area contributed by atoms with E-state index in [9.17, 15) is 4.79 Å². The predicted molar refractivity (Wildman–Crippen MR) is 128 cm³/mol. The normalized spacial score (nSPS) is 23.0. The van der Waals surface area contributed by atoms with E-state index >= 15 is 0 Å². The zero-order valence-corrected chi connectivity index (χ0v) is 19.7. The minimum atomic E-state index is -0.865. The van der Waals surface area contributed by atoms with Gasteiger partial charge in [0.05, 0.1) is 5.56 Å². The van der Waals surface area contributed by atoms with E-state index in [1.165, 1.54) is 36.8 Å². The molecule has 0 aromatic heterocycles. The molecule has 0 spiro atoms. The van der Waals surface area contributed by atoms with Gasteiger partial charge in [0.15, 0.2) is 0 Å². The molecule has 1 saturated carbocycles. The molecule has 1 unspecified atom stereocenters. The maximum absolute atomic E-state index is 11.0. The molecular formula is C29H36O2. The number of carboxylic acids is 1. The smallest absolute Gasteiger partial charge is 0.335 e. The fraction of sp³-hybridized carbons (Fsp3) is 0.483. The maximum Gasteiger partial charge on any atom is 0.335 e. The van der Waals surface area contributed by atoms with Crippen LogP contribution < -0.4 is 0 Å². The fourth-order valence-corrected chi connectivity index (χ4v) is 5.56. The first-order valence-corrected chi connectivity index (χ1v) is 11.7. The lowest BCUT2D eigenvalue weighted by molar-refractivity contribution is 0.0697. The second-order valence-electron chi connectivity index (χ2n) is 11.0. The van der Waals surface area contributed by atoms with Gasteiger partial charge in [-0.1, -0.05) is 63.6 Å². The van der Waals surface area contributed by atoms with Gasteiger partial charge in [-0.15, -0.1) is 0 Å². The second kappa shape index (κ2) is 7.97. The van der Waals surface area contributed by atoms with Crippen LogP contribution >= 0.6 is 0 Å². The highest BCUT2D eigenvalue weighted by atomic mass is 16.4. The molecule has 2 aliphatic rings. The molecule has 0 saturated heterocycles. The van der Waals surface area contributed by atoms with Gasteiger partial charge in [0, 0.05) is 0 Å². The fourth-order valence-electron chi connectivity index (χ4n) is 5.56. The molecule has 0 amide bonds. The van der Waals surface area contributed by atoms with Crippen LogP contribution in [0.3, 0.4) is 0 Å². The lowest BCUT2D eigenvalue weighted by Gasteiger charge is -2.42. The van der Waals surface area contributed by atoms with Gasteiger partial charge in [0.1, 0.15) is 0 Å². The van der Waals surface area contributed by atoms with E-state index in [0.29, 0.717) is 11.5 Å². The number of hydrogen-bond acceptors (Lipinski definition) is 1. The van der Waals surface area contributed by atoms with Crippen molar-refractivity contribution in [1.82, 2.24) is 0 Å². The van der Waals surface area contributed by atoms with Gasteiger partial charge in [-0.3, -0.25) is 0 Å². The average Bonchev–Trinajstić information content (AvgIpc) is 3.19. The molecular weight excluding hydrogens is 380 g/mol. The van der Waals surface area contributed by atoms with Crippen LogP contribution in [0, 0.1) is 6.92 Å². The van der Waals surface area contributed by atoms with E-state index in [1.54, 1.807) is 34.4 Å². The van der Waals surface area contributed by atoms with E-state index < -0.39 is 5.97 Å². The van der Waals surface area contributed by atoms with Crippen molar-refractivity contribution in [3.63, 3.8) is 0 Å². The third kappa shape index (κ3) is 4.35. The number of aryl methyl sites for hydroxylation is 1. The number of hydrogen-bond donors (Lipinski definition) is 1. The topological polar surface area (TPSA) is 37.3 Å². The predicted octanol–water partition coefficient (Wildman–Crippen LogP) is 7.48. The van der Waals surface area contributed by atoms with Crippen LogP contribution in [-0.2, 0) is 17.3 Å². The van der Waals surface area contributed by atoms with Crippen LogP contribution in [0.15, 0.2) is 48.0 Å². The third-order valence-corrected chi connectivity index (χ3v) is 7.83. The number of carboxylic acid groups (broad SMARTS) is 1. The van der Waals surface area contributed by atoms with Crippen LogP contribution in [-0.4, -0.2) is 11.1 Å². The van der Waals surface area contributed by atoms with E-state index in [1.807, 2.05) is 12.1 Å². The minimum Gasteiger partial charge on any atom is -0.478 e. The van der Waals surface area contributed by atoms with Crippen molar-refractivity contribution in [2.75, 3.05) is 0 Å². The van der Waals surface area contributed by atoms with E-state index in [0.717, 1.165) is 12.8 Å². The standard InChI is InChI=1S/C29H36O2/c1-19-16-25-26(29(4,5)15-14-28(25,2)3)18-24(19)23-13-10-21(17-23)7-6-20-8-11-22(12-9-20)27(30)31/h7-9,11-12,16,18,23H,6,10,13-15,17H2,1-5H3,(H,30,31). The van der Waals surface area contributed by atoms with Gasteiger partial charge in [-0.05, 0) is 102 Å². The monoisotopic (exact) mass is 416 g/mol. The first-order chi connectivity index (χ1) is 14.6. The molecule has 0 aliphatic heterocycles. The highest BCUT2D eigenvalue weighted by Crippen LogP contribution is 2.48. The number of rotatable bonds is 4. The van der Waals surface area contributed by atoms with E-state index in [-0.39, 0.29) is 10.8 Å². The number of fused-ring (bicyclic) bond motifs is 1. The van der Waals surface area contributed by atoms with E-state index in [4.69, 9.17) is 5.11 Å². The molecule has 31 heavy (non-hydrogen) atoms. The van der Waals surface area contributed by atoms with Crippen LogP contribution in [0.2, 0.25) is 0 Å². The summed E-state index contributed by atoms with van der Waals surface area (Å²) >= 11 is 0. The Hall–Kier alpha value is -2.35. The van der Waals surface area contributed by atoms with Gasteiger partial charge in [-0.25, -0.2) is 4.79 Å². The number of aromatic carboxylic acids is 1. The van der Waals surface area contributed by atoms with Gasteiger partial charge in [-0.2, -0.15) is 0 Å². The van der Waals surface area contributed by atoms with Gasteiger partial charge in [0.2, 0.25) is 0 Å². The molecule has 2 nitrogen and oxygen atoms in total. The quantitative estimate of drug-likeness (QED) is 0.525. The first kappa shape index (κ1) is 21.9. The number of benzene rings is 2. The molecule has 1 atom stereocenters. The Morgan fingerprint density at radius 1 is 1.03 bits per heavy atom. The summed E-state index contributed by atoms with van der Waals surface area (Å²) in [4.78, 5) is 11.0. The molecule has 2 aliphatic carbocycles. The van der Waals surface area contributed by atoms with Crippen molar-refractivity contribution in [3.8, 4) is 0 Å². The van der Waals surface area contributed by atoms with Crippen molar-refractivity contribution in [2.45, 2.75) is 89.9 Å². The average molecular weight is 417 g/mol. The zero-order chi connectivity index (χ0) is 22.4. The summed E-state index contributed by atoms with van der Waals surface area (Å²) in [6.45, 7) is 11.9. The molecule has 2 aromatic carbocycles. The summed E-state index contributed by atoms with van der Waals surface area (Å²) in [7, 11) is 0. The summed E-state index contributed by atoms with van der Waals surface area (Å²) in [5.74, 6) is -0.248. The summed E-state index contributed by atoms with van der Waals surface area (Å²) in [5, 5.41) is 9.06. The molecule has 164 valence electrons. The van der Waals surface area contributed by atoms with E-state index in [2.05, 4.69) is 52.8 Å². The van der Waals surface area contributed by atoms with Gasteiger partial charge < -0.3 is 5.11 Å². The Morgan fingerprint density at radius 3 is 2.26 bits per heavy atom. The lowest BCUT2D eigenvalue weighted by Crippen LogP contribution is -2.34. The van der Waals surface area contributed by atoms with Crippen molar-refractivity contribution < 1.29 is 9.90 Å². The van der Waals surface area contributed by atoms with Crippen molar-refractivity contribution in [1.29, 1.82) is 0 Å². The summed E-state index contributed by atoms with van der Waals surface area (Å²) in [6, 6.07) is 12.3. The van der Waals surface area contributed by atoms with Crippen molar-refractivity contribution >= 4 is 5.97 Å². The summed E-state index contributed by atoms with van der Waals surface area (Å²) < 4.78 is 0. The van der Waals surface area contributed by atoms with Crippen LogP contribution in [0.4, 0.5) is 0 Å². The Balaban J connectivity index is 1.53. The first-order valence-electron chi connectivity index (χ1n) is 11.7. The highest BCUT2D eigenvalue weighted by Gasteiger charge is 2.38. The molecule has 1 fully saturated rings. The molecule has 0 heterocycles. The summed E-state index contributed by atoms with van der Waals surface area (Å²) in [6.07, 6.45) is 9.32. The Kier molecular flexibility index (Phi) is 5.62. The summed E-state index contributed by atoms with van der Waals surface area (Å²) in [5.41, 5.74) is 9.74. The third-order valence-electron chi connectivity index (χ3n) is 7.83. The van der Waals surface area contributed by atoms with Crippen LogP contribution in [0.25, 0.3) is 0 Å². The van der Waals surface area contributed by atoms with Crippen LogP contribution in [0.1, 0.15) is 104 Å². The largest absolute Gasteiger partial charge is 0.478 e. The second-order valence-corrected chi connectivity index (χ2v) is 11.0. The van der Waals surface area contributed by atoms with Crippen LogP contribution in [0.5, 0.6) is 0 Å². The molecule has 2 heteroatoms. The molecule has 0 radical (unpaired) electrons. The zero-order valence-electron chi connectivity index (χ0n) is 19.7. The van der Waals surface area contributed by atoms with Crippen molar-refractivity contribution in [3.05, 3.63) is 81.4 Å². The minimum absolute atomic E-state index is 0.257. The van der Waals surface area contributed by atoms with Gasteiger partial charge >= 0.3 is 5.97 Å². The molecule has 4 rings (SSSR count). The molecule has 0 bridgehead atoms. The lowest BCUT2D eigenvalue weighted by atomic mass is 9.62. The Morgan fingerprint density at radius 2 is 1.65 bits per heavy atom. The highest BCUT2D eigenvalue weighted by molar-refractivity contribution is 5.87. The SMILES string of the molecule is Cc1cc2c(cc1C1CCC(=CCc3ccc(C(=O)O)cc3)C1)C(C)(C)CCC2(C)C. The Labute approximate surface area is 187 Å². The Bertz CT molecular complexity index is 1020. The van der Waals surface area contributed by atoms with Crippen molar-refractivity contribution in [2.24, 2.45) is 0 Å². The molecule has 1 N–H and O–H groups in total. The maximum atomic E-state index is 11.0. The number of allylic oxidation sites excluding steroid dienone is 2.